The zero-order valence-corrected chi connectivity index (χ0v) is 14.6. The van der Waals surface area contributed by atoms with Crippen molar-refractivity contribution >= 4 is 27.3 Å². The average Bonchev–Trinajstić information content (AvgIpc) is 3.04. The molecule has 22 heavy (non-hydrogen) atoms. The Morgan fingerprint density at radius 3 is 3.00 bits per heavy atom. The number of amides is 1. The lowest BCUT2D eigenvalue weighted by molar-refractivity contribution is -0.126. The predicted octanol–water partition coefficient (Wildman–Crippen LogP) is 2.21. The van der Waals surface area contributed by atoms with Crippen molar-refractivity contribution in [3.8, 4) is 0 Å². The van der Waals surface area contributed by atoms with Crippen LogP contribution in [0.4, 0.5) is 0 Å². The first kappa shape index (κ1) is 17.4. The smallest absolute Gasteiger partial charge is 0.224 e. The number of piperidine rings is 1. The fourth-order valence-corrected chi connectivity index (χ4v) is 4.97. The molecule has 0 radical (unpaired) electrons. The Kier molecular flexibility index (Phi) is 6.40. The summed E-state index contributed by atoms with van der Waals surface area (Å²) in [5.74, 6) is -0.0820. The molecular formula is C15H24N2O3S2. The number of hydrogen-bond donors (Lipinski definition) is 1. The minimum absolute atomic E-state index is 0.0382. The van der Waals surface area contributed by atoms with Gasteiger partial charge < -0.3 is 5.32 Å². The van der Waals surface area contributed by atoms with Gasteiger partial charge in [-0.3, -0.25) is 4.79 Å². The van der Waals surface area contributed by atoms with Gasteiger partial charge in [0, 0.05) is 18.0 Å². The van der Waals surface area contributed by atoms with Crippen molar-refractivity contribution in [2.45, 2.75) is 39.2 Å². The lowest BCUT2D eigenvalue weighted by Crippen LogP contribution is -2.45. The van der Waals surface area contributed by atoms with E-state index in [1.54, 1.807) is 11.3 Å². The molecule has 1 aliphatic heterocycles. The SMILES string of the molecule is CCCCS(=O)(=O)N1CCC[C@@H](C(=O)NCc2cccs2)C1. The predicted molar refractivity (Wildman–Crippen MR) is 89.2 cm³/mol. The summed E-state index contributed by atoms with van der Waals surface area (Å²) in [6.45, 7) is 3.37. The third-order valence-corrected chi connectivity index (χ3v) is 6.72. The van der Waals surface area contributed by atoms with Crippen LogP contribution in [-0.2, 0) is 21.4 Å². The largest absolute Gasteiger partial charge is 0.351 e. The maximum Gasteiger partial charge on any atom is 0.224 e. The van der Waals surface area contributed by atoms with Gasteiger partial charge in [-0.05, 0) is 30.7 Å². The molecule has 124 valence electrons. The Morgan fingerprint density at radius 2 is 2.32 bits per heavy atom. The molecule has 0 saturated carbocycles. The Hall–Kier alpha value is -0.920. The Morgan fingerprint density at radius 1 is 1.50 bits per heavy atom. The summed E-state index contributed by atoms with van der Waals surface area (Å²) < 4.78 is 26.0. The van der Waals surface area contributed by atoms with Crippen LogP contribution in [0.2, 0.25) is 0 Å². The summed E-state index contributed by atoms with van der Waals surface area (Å²) in [6.07, 6.45) is 3.05. The van der Waals surface area contributed by atoms with Gasteiger partial charge >= 0.3 is 0 Å². The second-order valence-corrected chi connectivity index (χ2v) is 8.78. The second kappa shape index (κ2) is 8.08. The van der Waals surface area contributed by atoms with Crippen LogP contribution >= 0.6 is 11.3 Å². The summed E-state index contributed by atoms with van der Waals surface area (Å²) in [7, 11) is -3.21. The van der Waals surface area contributed by atoms with E-state index in [1.807, 2.05) is 24.4 Å². The van der Waals surface area contributed by atoms with Crippen LogP contribution in [0.1, 0.15) is 37.5 Å². The molecule has 5 nitrogen and oxygen atoms in total. The van der Waals surface area contributed by atoms with Crippen LogP contribution in [0.25, 0.3) is 0 Å². The highest BCUT2D eigenvalue weighted by atomic mass is 32.2. The normalized spacial score (nSPS) is 20.0. The first-order valence-corrected chi connectivity index (χ1v) is 10.3. The van der Waals surface area contributed by atoms with E-state index in [-0.39, 0.29) is 17.6 Å². The summed E-state index contributed by atoms with van der Waals surface area (Å²) in [6, 6.07) is 3.93. The van der Waals surface area contributed by atoms with Gasteiger partial charge in [0.05, 0.1) is 18.2 Å². The Labute approximate surface area is 136 Å². The summed E-state index contributed by atoms with van der Waals surface area (Å²) in [5, 5.41) is 4.90. The van der Waals surface area contributed by atoms with Crippen LogP contribution in [-0.4, -0.2) is 37.5 Å². The highest BCUT2D eigenvalue weighted by Gasteiger charge is 2.31. The van der Waals surface area contributed by atoms with Crippen LogP contribution < -0.4 is 5.32 Å². The minimum atomic E-state index is -3.21. The highest BCUT2D eigenvalue weighted by molar-refractivity contribution is 7.89. The van der Waals surface area contributed by atoms with Crippen LogP contribution in [0.5, 0.6) is 0 Å². The number of sulfonamides is 1. The third kappa shape index (κ3) is 4.79. The van der Waals surface area contributed by atoms with Gasteiger partial charge in [-0.25, -0.2) is 12.7 Å². The number of hydrogen-bond acceptors (Lipinski definition) is 4. The molecule has 1 fully saturated rings. The average molecular weight is 345 g/mol. The first-order valence-electron chi connectivity index (χ1n) is 7.81. The molecule has 0 aliphatic carbocycles. The number of nitrogens with zero attached hydrogens (tertiary/aromatic N) is 1. The molecule has 1 aromatic rings. The van der Waals surface area contributed by atoms with Crippen molar-refractivity contribution < 1.29 is 13.2 Å². The molecule has 1 atom stereocenters. The maximum absolute atomic E-state index is 12.3. The molecule has 0 spiro atoms. The molecule has 2 rings (SSSR count). The minimum Gasteiger partial charge on any atom is -0.351 e. The quantitative estimate of drug-likeness (QED) is 0.825. The van der Waals surface area contributed by atoms with Gasteiger partial charge in [-0.2, -0.15) is 0 Å². The number of unbranched alkanes of at least 4 members (excludes halogenated alkanes) is 1. The lowest BCUT2D eigenvalue weighted by atomic mass is 9.99. The zero-order valence-electron chi connectivity index (χ0n) is 13.0. The van der Waals surface area contributed by atoms with E-state index in [2.05, 4.69) is 5.32 Å². The number of rotatable bonds is 7. The fraction of sp³-hybridized carbons (Fsp3) is 0.667. The van der Waals surface area contributed by atoms with Crippen LogP contribution in [0.3, 0.4) is 0 Å². The zero-order chi connectivity index (χ0) is 16.0. The fourth-order valence-electron chi connectivity index (χ4n) is 2.60. The van der Waals surface area contributed by atoms with Crippen molar-refractivity contribution in [3.05, 3.63) is 22.4 Å². The van der Waals surface area contributed by atoms with E-state index in [1.165, 1.54) is 4.31 Å². The molecular weight excluding hydrogens is 320 g/mol. The number of thiophene rings is 1. The highest BCUT2D eigenvalue weighted by Crippen LogP contribution is 2.20. The van der Waals surface area contributed by atoms with Crippen molar-refractivity contribution in [2.24, 2.45) is 5.92 Å². The van der Waals surface area contributed by atoms with Crippen molar-refractivity contribution in [3.63, 3.8) is 0 Å². The summed E-state index contributed by atoms with van der Waals surface area (Å²) in [4.78, 5) is 13.4. The second-order valence-electron chi connectivity index (χ2n) is 5.66. The Balaban J connectivity index is 1.88. The topological polar surface area (TPSA) is 66.5 Å². The molecule has 1 N–H and O–H groups in total. The summed E-state index contributed by atoms with van der Waals surface area (Å²) >= 11 is 1.60. The van der Waals surface area contributed by atoms with E-state index in [0.29, 0.717) is 26.1 Å². The van der Waals surface area contributed by atoms with Crippen LogP contribution in [0, 0.1) is 5.92 Å². The van der Waals surface area contributed by atoms with Crippen molar-refractivity contribution in [1.82, 2.24) is 9.62 Å². The molecule has 0 aromatic carbocycles. The van der Waals surface area contributed by atoms with Gasteiger partial charge in [0.25, 0.3) is 0 Å². The van der Waals surface area contributed by atoms with Gasteiger partial charge in [0.2, 0.25) is 15.9 Å². The van der Waals surface area contributed by atoms with Crippen molar-refractivity contribution in [1.29, 1.82) is 0 Å². The molecule has 7 heteroatoms. The van der Waals surface area contributed by atoms with E-state index in [9.17, 15) is 13.2 Å². The number of carbonyl (C=O) groups is 1. The summed E-state index contributed by atoms with van der Waals surface area (Å²) in [5.41, 5.74) is 0. The molecule has 1 saturated heterocycles. The van der Waals surface area contributed by atoms with E-state index >= 15 is 0 Å². The van der Waals surface area contributed by atoms with Gasteiger partial charge in [0.15, 0.2) is 0 Å². The van der Waals surface area contributed by atoms with E-state index in [4.69, 9.17) is 0 Å². The van der Waals surface area contributed by atoms with E-state index in [0.717, 1.165) is 24.1 Å². The first-order chi connectivity index (χ1) is 10.5. The lowest BCUT2D eigenvalue weighted by Gasteiger charge is -2.31. The number of nitrogens with one attached hydrogen (secondary N) is 1. The van der Waals surface area contributed by atoms with Crippen molar-refractivity contribution in [2.75, 3.05) is 18.8 Å². The van der Waals surface area contributed by atoms with Gasteiger partial charge in [-0.15, -0.1) is 11.3 Å². The van der Waals surface area contributed by atoms with E-state index < -0.39 is 10.0 Å². The molecule has 0 bridgehead atoms. The van der Waals surface area contributed by atoms with Crippen LogP contribution in [0.15, 0.2) is 17.5 Å². The monoisotopic (exact) mass is 344 g/mol. The molecule has 1 aromatic heterocycles. The van der Waals surface area contributed by atoms with Gasteiger partial charge in [-0.1, -0.05) is 19.4 Å². The molecule has 1 aliphatic rings. The van der Waals surface area contributed by atoms with Gasteiger partial charge in [0.1, 0.15) is 0 Å². The standard InChI is InChI=1S/C15H24N2O3S2/c1-2-3-10-22(19,20)17-8-4-6-13(12-17)15(18)16-11-14-7-5-9-21-14/h5,7,9,13H,2-4,6,8,10-12H2,1H3,(H,16,18)/t13-/m1/s1. The maximum atomic E-state index is 12.3. The Bertz CT molecular complexity index is 570. The number of carbonyl (C=O) groups excluding carboxylic acids is 1. The molecule has 0 unspecified atom stereocenters. The third-order valence-electron chi connectivity index (χ3n) is 3.92. The molecule has 2 heterocycles. The molecule has 1 amide bonds.